The molecule has 1 atom stereocenters. The largest absolute Gasteiger partial charge is 0.370 e. The van der Waals surface area contributed by atoms with Gasteiger partial charge in [0.2, 0.25) is 0 Å². The maximum absolute atomic E-state index is 11.6. The fraction of sp³-hybridized carbons (Fsp3) is 0.611. The Bertz CT molecular complexity index is 719. The SMILES string of the molecule is CCNC(=NCc1ccc(N2CCSCC2)cc1)NC1CCS(=O)(=O)C1.I. The van der Waals surface area contributed by atoms with Crippen molar-refractivity contribution in [2.24, 2.45) is 4.99 Å². The summed E-state index contributed by atoms with van der Waals surface area (Å²) in [4.78, 5) is 7.05. The first-order valence-corrected chi connectivity index (χ1v) is 12.2. The summed E-state index contributed by atoms with van der Waals surface area (Å²) in [6.07, 6.45) is 0.648. The third kappa shape index (κ3) is 7.01. The molecule has 2 heterocycles. The molecule has 9 heteroatoms. The Morgan fingerprint density at radius 2 is 1.96 bits per heavy atom. The molecular weight excluding hydrogens is 495 g/mol. The van der Waals surface area contributed by atoms with Crippen LogP contribution >= 0.6 is 35.7 Å². The molecule has 0 aromatic heterocycles. The predicted octanol–water partition coefficient (Wildman–Crippen LogP) is 2.10. The topological polar surface area (TPSA) is 73.8 Å². The molecule has 0 amide bonds. The molecule has 1 unspecified atom stereocenters. The van der Waals surface area contributed by atoms with E-state index in [0.29, 0.717) is 18.9 Å². The molecule has 2 aliphatic rings. The predicted molar refractivity (Wildman–Crippen MR) is 126 cm³/mol. The minimum absolute atomic E-state index is 0. The van der Waals surface area contributed by atoms with Crippen LogP contribution in [-0.2, 0) is 16.4 Å². The third-order valence-corrected chi connectivity index (χ3v) is 7.36. The summed E-state index contributed by atoms with van der Waals surface area (Å²) < 4.78 is 23.2. The normalized spacial score (nSPS) is 22.2. The van der Waals surface area contributed by atoms with Crippen LogP contribution in [-0.4, -0.2) is 63.1 Å². The van der Waals surface area contributed by atoms with Gasteiger partial charge in [-0.05, 0) is 31.0 Å². The molecule has 2 fully saturated rings. The molecule has 0 saturated carbocycles. The highest BCUT2D eigenvalue weighted by atomic mass is 127. The number of anilines is 1. The molecule has 0 radical (unpaired) electrons. The van der Waals surface area contributed by atoms with Crippen LogP contribution in [0.1, 0.15) is 18.9 Å². The number of halogens is 1. The average Bonchev–Trinajstić information content (AvgIpc) is 2.99. The van der Waals surface area contributed by atoms with Gasteiger partial charge >= 0.3 is 0 Å². The molecule has 0 spiro atoms. The monoisotopic (exact) mass is 524 g/mol. The van der Waals surface area contributed by atoms with Gasteiger partial charge in [0.15, 0.2) is 15.8 Å². The second kappa shape index (κ2) is 10.8. The van der Waals surface area contributed by atoms with Crippen LogP contribution in [0.25, 0.3) is 0 Å². The maximum Gasteiger partial charge on any atom is 0.191 e. The van der Waals surface area contributed by atoms with E-state index in [9.17, 15) is 8.42 Å². The van der Waals surface area contributed by atoms with Gasteiger partial charge in [-0.15, -0.1) is 24.0 Å². The van der Waals surface area contributed by atoms with E-state index in [4.69, 9.17) is 0 Å². The smallest absolute Gasteiger partial charge is 0.191 e. The van der Waals surface area contributed by atoms with E-state index in [-0.39, 0.29) is 41.5 Å². The third-order valence-electron chi connectivity index (χ3n) is 4.65. The van der Waals surface area contributed by atoms with E-state index in [2.05, 4.69) is 44.8 Å². The van der Waals surface area contributed by atoms with Crippen LogP contribution in [0.4, 0.5) is 5.69 Å². The van der Waals surface area contributed by atoms with Crippen LogP contribution in [0.15, 0.2) is 29.3 Å². The molecule has 2 N–H and O–H groups in total. The Morgan fingerprint density at radius 3 is 2.56 bits per heavy atom. The molecule has 1 aromatic rings. The molecular formula is C18H29IN4O2S2. The van der Waals surface area contributed by atoms with E-state index >= 15 is 0 Å². The van der Waals surface area contributed by atoms with Crippen molar-refractivity contribution in [2.45, 2.75) is 25.9 Å². The fourth-order valence-electron chi connectivity index (χ4n) is 3.23. The van der Waals surface area contributed by atoms with Gasteiger partial charge in [0, 0.05) is 42.9 Å². The minimum Gasteiger partial charge on any atom is -0.370 e. The lowest BCUT2D eigenvalue weighted by Crippen LogP contribution is -2.44. The van der Waals surface area contributed by atoms with Gasteiger partial charge in [-0.25, -0.2) is 13.4 Å². The highest BCUT2D eigenvalue weighted by Gasteiger charge is 2.28. The number of nitrogens with one attached hydrogen (secondary N) is 2. The van der Waals surface area contributed by atoms with Crippen molar-refractivity contribution in [1.82, 2.24) is 10.6 Å². The first-order valence-electron chi connectivity index (χ1n) is 9.22. The summed E-state index contributed by atoms with van der Waals surface area (Å²) in [5.74, 6) is 3.54. The standard InChI is InChI=1S/C18H28N4O2S2.HI/c1-2-19-18(21-16-7-12-26(23,24)14-16)20-13-15-3-5-17(6-4-15)22-8-10-25-11-9-22;/h3-6,16H,2,7-14H2,1H3,(H2,19,20,21);1H. The van der Waals surface area contributed by atoms with Gasteiger partial charge in [0.1, 0.15) is 0 Å². The second-order valence-corrected chi connectivity index (χ2v) is 10.2. The summed E-state index contributed by atoms with van der Waals surface area (Å²) in [6, 6.07) is 8.56. The Hall–Kier alpha value is -0.680. The van der Waals surface area contributed by atoms with E-state index in [1.165, 1.54) is 17.2 Å². The van der Waals surface area contributed by atoms with Gasteiger partial charge in [0.05, 0.1) is 18.1 Å². The van der Waals surface area contributed by atoms with Crippen molar-refractivity contribution in [3.05, 3.63) is 29.8 Å². The number of thioether (sulfide) groups is 1. The fourth-order valence-corrected chi connectivity index (χ4v) is 5.80. The maximum atomic E-state index is 11.6. The van der Waals surface area contributed by atoms with Crippen molar-refractivity contribution >= 4 is 57.2 Å². The van der Waals surface area contributed by atoms with Gasteiger partial charge in [-0.2, -0.15) is 11.8 Å². The molecule has 152 valence electrons. The van der Waals surface area contributed by atoms with Crippen LogP contribution in [0.3, 0.4) is 0 Å². The molecule has 0 aliphatic carbocycles. The summed E-state index contributed by atoms with van der Waals surface area (Å²) in [5.41, 5.74) is 2.43. The number of nitrogens with zero attached hydrogens (tertiary/aromatic N) is 2. The Kier molecular flexibility index (Phi) is 9.00. The Labute approximate surface area is 183 Å². The van der Waals surface area contributed by atoms with Gasteiger partial charge < -0.3 is 15.5 Å². The zero-order valence-electron chi connectivity index (χ0n) is 15.7. The van der Waals surface area contributed by atoms with Crippen molar-refractivity contribution in [1.29, 1.82) is 0 Å². The first-order chi connectivity index (χ1) is 12.6. The molecule has 6 nitrogen and oxygen atoms in total. The van der Waals surface area contributed by atoms with Crippen LogP contribution in [0, 0.1) is 0 Å². The molecule has 1 aromatic carbocycles. The lowest BCUT2D eigenvalue weighted by molar-refractivity contribution is 0.599. The first kappa shape index (κ1) is 22.6. The number of rotatable bonds is 5. The molecule has 0 bridgehead atoms. The Balaban J connectivity index is 0.00000261. The van der Waals surface area contributed by atoms with Crippen molar-refractivity contribution < 1.29 is 8.42 Å². The number of guanidine groups is 1. The minimum atomic E-state index is -2.89. The summed E-state index contributed by atoms with van der Waals surface area (Å²) >= 11 is 2.01. The highest BCUT2D eigenvalue weighted by molar-refractivity contribution is 14.0. The van der Waals surface area contributed by atoms with Gasteiger partial charge in [0.25, 0.3) is 0 Å². The number of sulfone groups is 1. The van der Waals surface area contributed by atoms with Gasteiger partial charge in [-0.3, -0.25) is 0 Å². The second-order valence-electron chi connectivity index (χ2n) is 6.71. The van der Waals surface area contributed by atoms with Crippen LogP contribution in [0.5, 0.6) is 0 Å². The zero-order valence-corrected chi connectivity index (χ0v) is 19.6. The summed E-state index contributed by atoms with van der Waals surface area (Å²) in [5, 5.41) is 6.46. The molecule has 2 saturated heterocycles. The Morgan fingerprint density at radius 1 is 1.26 bits per heavy atom. The number of hydrogen-bond acceptors (Lipinski definition) is 5. The number of hydrogen-bond donors (Lipinski definition) is 2. The molecule has 3 rings (SSSR count). The van der Waals surface area contributed by atoms with Crippen LogP contribution in [0.2, 0.25) is 0 Å². The van der Waals surface area contributed by atoms with E-state index in [1.54, 1.807) is 0 Å². The quantitative estimate of drug-likeness (QED) is 0.349. The molecule has 2 aliphatic heterocycles. The number of aliphatic imine (C=N–C) groups is 1. The van der Waals surface area contributed by atoms with Crippen LogP contribution < -0.4 is 15.5 Å². The number of benzene rings is 1. The summed E-state index contributed by atoms with van der Waals surface area (Å²) in [7, 11) is -2.89. The van der Waals surface area contributed by atoms with E-state index in [0.717, 1.165) is 25.2 Å². The van der Waals surface area contributed by atoms with E-state index < -0.39 is 9.84 Å². The average molecular weight is 524 g/mol. The molecule has 27 heavy (non-hydrogen) atoms. The van der Waals surface area contributed by atoms with Gasteiger partial charge in [-0.1, -0.05) is 12.1 Å². The van der Waals surface area contributed by atoms with Crippen molar-refractivity contribution in [3.8, 4) is 0 Å². The van der Waals surface area contributed by atoms with Crippen molar-refractivity contribution in [3.63, 3.8) is 0 Å². The lowest BCUT2D eigenvalue weighted by Gasteiger charge is -2.28. The van der Waals surface area contributed by atoms with Crippen molar-refractivity contribution in [2.75, 3.05) is 47.5 Å². The zero-order chi connectivity index (χ0) is 18.4. The lowest BCUT2D eigenvalue weighted by atomic mass is 10.2. The van der Waals surface area contributed by atoms with E-state index in [1.807, 2.05) is 18.7 Å². The summed E-state index contributed by atoms with van der Waals surface area (Å²) in [6.45, 7) is 5.55. The highest BCUT2D eigenvalue weighted by Crippen LogP contribution is 2.20.